The lowest BCUT2D eigenvalue weighted by atomic mass is 10.3. The molecule has 0 heterocycles. The maximum atomic E-state index is 11.5. The molecule has 0 aliphatic heterocycles. The Balaban J connectivity index is 0.00000441. The van der Waals surface area contributed by atoms with Gasteiger partial charge in [0, 0.05) is 0 Å². The van der Waals surface area contributed by atoms with Gasteiger partial charge in [-0.3, -0.25) is 9.59 Å². The molecule has 1 atom stereocenters. The van der Waals surface area contributed by atoms with E-state index in [4.69, 9.17) is 15.2 Å². The molecule has 0 aromatic heterocycles. The van der Waals surface area contributed by atoms with Gasteiger partial charge in [-0.1, -0.05) is 0 Å². The number of carbonyl (C=O) groups is 2. The number of hydrogen-bond acceptors (Lipinski definition) is 5. The van der Waals surface area contributed by atoms with Crippen LogP contribution < -0.4 is 25.8 Å². The van der Waals surface area contributed by atoms with Gasteiger partial charge in [-0.05, 0) is 31.2 Å². The molecule has 1 unspecified atom stereocenters. The van der Waals surface area contributed by atoms with Crippen LogP contribution in [-0.4, -0.2) is 44.7 Å². The Kier molecular flexibility index (Phi) is 9.73. The number of ether oxygens (including phenoxy) is 2. The van der Waals surface area contributed by atoms with E-state index in [1.165, 1.54) is 0 Å². The first-order chi connectivity index (χ1) is 10.0. The second-order valence-electron chi connectivity index (χ2n) is 4.39. The van der Waals surface area contributed by atoms with Crippen molar-refractivity contribution in [2.24, 2.45) is 5.73 Å². The van der Waals surface area contributed by atoms with Gasteiger partial charge in [-0.15, -0.1) is 12.4 Å². The average molecular weight is 332 g/mol. The molecule has 0 bridgehead atoms. The maximum absolute atomic E-state index is 11.5. The monoisotopic (exact) mass is 331 g/mol. The van der Waals surface area contributed by atoms with E-state index in [0.717, 1.165) is 5.75 Å². The van der Waals surface area contributed by atoms with E-state index in [2.05, 4.69) is 10.6 Å². The summed E-state index contributed by atoms with van der Waals surface area (Å²) < 4.78 is 10.7. The van der Waals surface area contributed by atoms with Gasteiger partial charge in [0.15, 0.2) is 0 Å². The summed E-state index contributed by atoms with van der Waals surface area (Å²) >= 11 is 0. The van der Waals surface area contributed by atoms with E-state index >= 15 is 0 Å². The third-order valence-electron chi connectivity index (χ3n) is 2.61. The Morgan fingerprint density at radius 2 is 1.73 bits per heavy atom. The highest BCUT2D eigenvalue weighted by molar-refractivity contribution is 5.85. The van der Waals surface area contributed by atoms with Crippen molar-refractivity contribution in [2.75, 3.05) is 26.7 Å². The molecular weight excluding hydrogens is 310 g/mol. The van der Waals surface area contributed by atoms with Gasteiger partial charge < -0.3 is 25.8 Å². The number of methoxy groups -OCH3 is 1. The highest BCUT2D eigenvalue weighted by atomic mass is 35.5. The van der Waals surface area contributed by atoms with Gasteiger partial charge in [0.1, 0.15) is 17.6 Å². The second-order valence-corrected chi connectivity index (χ2v) is 4.39. The Morgan fingerprint density at radius 3 is 2.27 bits per heavy atom. The van der Waals surface area contributed by atoms with E-state index < -0.39 is 0 Å². The fraction of sp³-hybridized carbons (Fsp3) is 0.429. The molecule has 0 aliphatic rings. The lowest BCUT2D eigenvalue weighted by Crippen LogP contribution is -2.42. The van der Waals surface area contributed by atoms with Crippen LogP contribution in [0.4, 0.5) is 0 Å². The normalized spacial score (nSPS) is 10.9. The summed E-state index contributed by atoms with van der Waals surface area (Å²) in [7, 11) is 1.59. The van der Waals surface area contributed by atoms with Crippen LogP contribution in [-0.2, 0) is 9.59 Å². The highest BCUT2D eigenvalue weighted by Gasteiger charge is 2.08. The quantitative estimate of drug-likeness (QED) is 0.626. The Labute approximate surface area is 135 Å². The van der Waals surface area contributed by atoms with Gasteiger partial charge >= 0.3 is 0 Å². The third-order valence-corrected chi connectivity index (χ3v) is 2.61. The molecule has 0 radical (unpaired) electrons. The van der Waals surface area contributed by atoms with Crippen LogP contribution in [0.25, 0.3) is 0 Å². The van der Waals surface area contributed by atoms with Crippen LogP contribution in [0.1, 0.15) is 6.92 Å². The van der Waals surface area contributed by atoms with E-state index in [-0.39, 0.29) is 43.4 Å². The molecule has 7 nitrogen and oxygen atoms in total. The molecule has 2 amide bonds. The van der Waals surface area contributed by atoms with Crippen LogP contribution in [0.15, 0.2) is 24.3 Å². The zero-order valence-electron chi connectivity index (χ0n) is 12.6. The zero-order chi connectivity index (χ0) is 15.7. The number of rotatable bonds is 8. The molecule has 1 rings (SSSR count). The molecule has 0 fully saturated rings. The third kappa shape index (κ3) is 7.70. The van der Waals surface area contributed by atoms with Crippen molar-refractivity contribution in [3.63, 3.8) is 0 Å². The number of hydrogen-bond donors (Lipinski definition) is 3. The molecular formula is C14H22ClN3O4. The molecule has 0 aliphatic carbocycles. The van der Waals surface area contributed by atoms with E-state index in [9.17, 15) is 9.59 Å². The first kappa shape index (κ1) is 20.0. The lowest BCUT2D eigenvalue weighted by molar-refractivity contribution is -0.125. The maximum Gasteiger partial charge on any atom is 0.239 e. The smallest absolute Gasteiger partial charge is 0.239 e. The van der Waals surface area contributed by atoms with Gasteiger partial charge in [-0.2, -0.15) is 0 Å². The fourth-order valence-corrected chi connectivity index (χ4v) is 1.50. The summed E-state index contributed by atoms with van der Waals surface area (Å²) in [4.78, 5) is 22.4. The first-order valence-corrected chi connectivity index (χ1v) is 6.59. The summed E-state index contributed by atoms with van der Waals surface area (Å²) in [5.74, 6) is 0.780. The molecule has 8 heteroatoms. The molecule has 4 N–H and O–H groups in total. The SMILES string of the molecule is COc1ccc(OC(C)CNC(=O)CNC(=O)CN)cc1.Cl. The Hall–Kier alpha value is -1.99. The minimum absolute atomic E-state index is 0. The predicted molar refractivity (Wildman–Crippen MR) is 85.4 cm³/mol. The van der Waals surface area contributed by atoms with Crippen LogP contribution in [0.3, 0.4) is 0 Å². The molecule has 124 valence electrons. The number of benzene rings is 1. The number of nitrogens with two attached hydrogens (primary N) is 1. The summed E-state index contributed by atoms with van der Waals surface area (Å²) in [5.41, 5.74) is 5.11. The van der Waals surface area contributed by atoms with E-state index in [0.29, 0.717) is 12.3 Å². The topological polar surface area (TPSA) is 103 Å². The van der Waals surface area contributed by atoms with Gasteiger partial charge in [0.2, 0.25) is 11.8 Å². The number of carbonyl (C=O) groups excluding carboxylic acids is 2. The van der Waals surface area contributed by atoms with Crippen LogP contribution in [0.2, 0.25) is 0 Å². The molecule has 22 heavy (non-hydrogen) atoms. The largest absolute Gasteiger partial charge is 0.497 e. The van der Waals surface area contributed by atoms with Crippen LogP contribution in [0, 0.1) is 0 Å². The van der Waals surface area contributed by atoms with Crippen molar-refractivity contribution in [1.82, 2.24) is 10.6 Å². The minimum atomic E-state index is -0.368. The molecule has 0 saturated carbocycles. The zero-order valence-corrected chi connectivity index (χ0v) is 13.4. The molecule has 1 aromatic rings. The van der Waals surface area contributed by atoms with Crippen LogP contribution in [0.5, 0.6) is 11.5 Å². The Bertz CT molecular complexity index is 468. The van der Waals surface area contributed by atoms with Crippen molar-refractivity contribution in [3.8, 4) is 11.5 Å². The predicted octanol–water partition coefficient (Wildman–Crippen LogP) is 0.0754. The van der Waals surface area contributed by atoms with Crippen molar-refractivity contribution >= 4 is 24.2 Å². The standard InChI is InChI=1S/C14H21N3O4.ClH/c1-10(8-16-14(19)9-17-13(18)7-15)21-12-5-3-11(20-2)4-6-12;/h3-6,10H,7-9,15H2,1-2H3,(H,16,19)(H,17,18);1H. The van der Waals surface area contributed by atoms with Gasteiger partial charge in [0.25, 0.3) is 0 Å². The summed E-state index contributed by atoms with van der Waals surface area (Å²) in [6.45, 7) is 1.95. The molecule has 0 saturated heterocycles. The fourth-order valence-electron chi connectivity index (χ4n) is 1.50. The van der Waals surface area contributed by atoms with Crippen LogP contribution >= 0.6 is 12.4 Å². The van der Waals surface area contributed by atoms with E-state index in [1.807, 2.05) is 6.92 Å². The second kappa shape index (κ2) is 10.7. The van der Waals surface area contributed by atoms with Crippen molar-refractivity contribution in [2.45, 2.75) is 13.0 Å². The summed E-state index contributed by atoms with van der Waals surface area (Å²) in [5, 5.41) is 5.05. The van der Waals surface area contributed by atoms with Crippen molar-refractivity contribution in [3.05, 3.63) is 24.3 Å². The first-order valence-electron chi connectivity index (χ1n) is 6.59. The Morgan fingerprint density at radius 1 is 1.14 bits per heavy atom. The summed E-state index contributed by atoms with van der Waals surface area (Å²) in [6.07, 6.45) is -0.201. The molecule has 0 spiro atoms. The number of amides is 2. The summed E-state index contributed by atoms with van der Waals surface area (Å²) in [6, 6.07) is 7.17. The number of nitrogens with one attached hydrogen (secondary N) is 2. The van der Waals surface area contributed by atoms with E-state index in [1.54, 1.807) is 31.4 Å². The average Bonchev–Trinajstić information content (AvgIpc) is 2.51. The lowest BCUT2D eigenvalue weighted by Gasteiger charge is -2.15. The van der Waals surface area contributed by atoms with Gasteiger partial charge in [-0.25, -0.2) is 0 Å². The van der Waals surface area contributed by atoms with Gasteiger partial charge in [0.05, 0.1) is 26.7 Å². The minimum Gasteiger partial charge on any atom is -0.497 e. The van der Waals surface area contributed by atoms with Crippen molar-refractivity contribution < 1.29 is 19.1 Å². The molecule has 1 aromatic carbocycles. The van der Waals surface area contributed by atoms with Crippen molar-refractivity contribution in [1.29, 1.82) is 0 Å². The highest BCUT2D eigenvalue weighted by Crippen LogP contribution is 2.17. The number of halogens is 1.